The van der Waals surface area contributed by atoms with Gasteiger partial charge in [-0.05, 0) is 87.1 Å². The number of piperidine rings is 1. The number of carbonyl (C=O) groups excluding carboxylic acids is 2. The summed E-state index contributed by atoms with van der Waals surface area (Å²) in [5, 5.41) is 3.32. The lowest BCUT2D eigenvalue weighted by Crippen LogP contribution is -2.52. The summed E-state index contributed by atoms with van der Waals surface area (Å²) in [5.41, 5.74) is 4.94. The van der Waals surface area contributed by atoms with Crippen LogP contribution >= 0.6 is 23.8 Å². The van der Waals surface area contributed by atoms with E-state index in [2.05, 4.69) is 43.7 Å². The zero-order valence-electron chi connectivity index (χ0n) is 27.7. The molecule has 2 atom stereocenters. The lowest BCUT2D eigenvalue weighted by molar-refractivity contribution is -0.125. The van der Waals surface area contributed by atoms with Crippen LogP contribution in [-0.4, -0.2) is 46.3 Å². The fourth-order valence-electron chi connectivity index (χ4n) is 6.36. The molecule has 7 nitrogen and oxygen atoms in total. The number of allylic oxidation sites excluding steroid dienone is 1. The second kappa shape index (κ2) is 14.3. The third kappa shape index (κ3) is 7.18. The lowest BCUT2D eigenvalue weighted by atomic mass is 9.66. The van der Waals surface area contributed by atoms with Crippen LogP contribution in [0.1, 0.15) is 112 Å². The molecule has 46 heavy (non-hydrogen) atoms. The smallest absolute Gasteiger partial charge is 0.255 e. The Kier molecular flexibility index (Phi) is 10.6. The van der Waals surface area contributed by atoms with E-state index >= 15 is 0 Å². The number of rotatable bonds is 7. The van der Waals surface area contributed by atoms with E-state index in [-0.39, 0.29) is 23.3 Å². The van der Waals surface area contributed by atoms with Gasteiger partial charge in [0, 0.05) is 41.1 Å². The molecular formula is C37H46ClN3O4S. The summed E-state index contributed by atoms with van der Waals surface area (Å²) < 4.78 is 11.9. The Hall–Kier alpha value is -3.23. The number of hydrogen-bond acceptors (Lipinski definition) is 6. The number of carbonyl (C=O) groups is 2. The number of hydrogen-bond donors (Lipinski definition) is 1. The molecule has 0 aromatic heterocycles. The summed E-state index contributed by atoms with van der Waals surface area (Å²) in [6.45, 7) is 15.8. The molecule has 2 aromatic carbocycles. The first-order valence-electron chi connectivity index (χ1n) is 16.6. The van der Waals surface area contributed by atoms with Crippen LogP contribution < -0.4 is 10.1 Å². The molecule has 3 heterocycles. The van der Waals surface area contributed by atoms with Crippen LogP contribution in [0.25, 0.3) is 0 Å². The molecule has 0 bridgehead atoms. The first kappa shape index (κ1) is 34.1. The van der Waals surface area contributed by atoms with Gasteiger partial charge in [-0.15, -0.1) is 0 Å². The lowest BCUT2D eigenvalue weighted by Gasteiger charge is -2.39. The summed E-state index contributed by atoms with van der Waals surface area (Å²) in [4.78, 5) is 32.0. The maximum absolute atomic E-state index is 12.9. The Labute approximate surface area is 283 Å². The van der Waals surface area contributed by atoms with Gasteiger partial charge < -0.3 is 19.7 Å². The van der Waals surface area contributed by atoms with E-state index in [0.29, 0.717) is 46.8 Å². The van der Waals surface area contributed by atoms with Crippen molar-refractivity contribution in [2.24, 2.45) is 10.9 Å². The maximum Gasteiger partial charge on any atom is 0.255 e. The zero-order chi connectivity index (χ0) is 33.2. The number of aliphatic imine (C=N–C) groups is 1. The van der Waals surface area contributed by atoms with Gasteiger partial charge in [0.1, 0.15) is 17.6 Å². The largest absolute Gasteiger partial charge is 0.492 e. The number of halogens is 1. The Balaban J connectivity index is 0.000000182. The fraction of sp³-hybridized carbons (Fsp3) is 0.514. The third-order valence-corrected chi connectivity index (χ3v) is 10.3. The number of amides is 2. The Morgan fingerprint density at radius 1 is 1.22 bits per heavy atom. The van der Waals surface area contributed by atoms with Crippen LogP contribution in [-0.2, 0) is 27.9 Å². The SMILES string of the molecule is C=C(OC(=NC(C)C)c1cccc2c1OCCC2)C(C)CC.CC1(c2cc(Cl)c3c(c2)C(=O)N(C2CCC(=S)NC2=O)C3)CCC1. The number of aryl methyl sites for hydroxylation is 1. The number of ether oxygens (including phenoxy) is 2. The molecule has 2 unspecified atom stereocenters. The predicted octanol–water partition coefficient (Wildman–Crippen LogP) is 8.09. The van der Waals surface area contributed by atoms with E-state index in [1.165, 1.54) is 12.0 Å². The number of para-hydroxylation sites is 1. The monoisotopic (exact) mass is 663 g/mol. The number of nitrogens with one attached hydrogen (secondary N) is 1. The normalized spacial score (nSPS) is 20.8. The van der Waals surface area contributed by atoms with E-state index in [9.17, 15) is 9.59 Å². The van der Waals surface area contributed by atoms with Crippen molar-refractivity contribution in [3.8, 4) is 5.75 Å². The van der Waals surface area contributed by atoms with Crippen LogP contribution in [0, 0.1) is 5.92 Å². The molecule has 0 radical (unpaired) electrons. The number of thiocarbonyl (C=S) groups is 1. The predicted molar refractivity (Wildman–Crippen MR) is 188 cm³/mol. The minimum absolute atomic E-state index is 0.0929. The Morgan fingerprint density at radius 2 is 1.98 bits per heavy atom. The van der Waals surface area contributed by atoms with Crippen LogP contribution in [0.4, 0.5) is 0 Å². The van der Waals surface area contributed by atoms with Crippen LogP contribution in [0.2, 0.25) is 5.02 Å². The Morgan fingerprint density at radius 3 is 2.63 bits per heavy atom. The molecule has 1 aliphatic carbocycles. The van der Waals surface area contributed by atoms with E-state index < -0.39 is 6.04 Å². The highest BCUT2D eigenvalue weighted by atomic mass is 35.5. The number of fused-ring (bicyclic) bond motifs is 2. The van der Waals surface area contributed by atoms with Gasteiger partial charge in [-0.25, -0.2) is 4.99 Å². The summed E-state index contributed by atoms with van der Waals surface area (Å²) >= 11 is 11.5. The molecule has 2 amide bonds. The zero-order valence-corrected chi connectivity index (χ0v) is 29.3. The van der Waals surface area contributed by atoms with Gasteiger partial charge in [-0.1, -0.05) is 69.7 Å². The van der Waals surface area contributed by atoms with Gasteiger partial charge in [0.05, 0.1) is 17.2 Å². The number of benzene rings is 2. The first-order chi connectivity index (χ1) is 21.9. The average molecular weight is 664 g/mol. The van der Waals surface area contributed by atoms with Gasteiger partial charge in [-0.2, -0.15) is 0 Å². The molecule has 4 aliphatic rings. The summed E-state index contributed by atoms with van der Waals surface area (Å²) in [7, 11) is 0. The second-order valence-corrected chi connectivity index (χ2v) is 14.3. The van der Waals surface area contributed by atoms with E-state index in [4.69, 9.17) is 33.3 Å². The van der Waals surface area contributed by atoms with Crippen molar-refractivity contribution in [2.75, 3.05) is 6.61 Å². The van der Waals surface area contributed by atoms with Crippen LogP contribution in [0.3, 0.4) is 0 Å². The minimum atomic E-state index is -0.463. The summed E-state index contributed by atoms with van der Waals surface area (Å²) in [5.74, 6) is 2.33. The van der Waals surface area contributed by atoms with Crippen molar-refractivity contribution >= 4 is 46.5 Å². The molecule has 246 valence electrons. The Bertz CT molecular complexity index is 1560. The number of nitrogens with zero attached hydrogens (tertiary/aromatic N) is 2. The molecule has 6 rings (SSSR count). The van der Waals surface area contributed by atoms with Gasteiger partial charge in [-0.3, -0.25) is 9.59 Å². The molecule has 1 N–H and O–H groups in total. The van der Waals surface area contributed by atoms with Crippen molar-refractivity contribution in [3.63, 3.8) is 0 Å². The molecule has 2 aromatic rings. The molecule has 0 spiro atoms. The molecule has 1 saturated carbocycles. The quantitative estimate of drug-likeness (QED) is 0.140. The van der Waals surface area contributed by atoms with Crippen molar-refractivity contribution in [1.82, 2.24) is 10.2 Å². The molecule has 2 fully saturated rings. The molecule has 3 aliphatic heterocycles. The highest BCUT2D eigenvalue weighted by Gasteiger charge is 2.41. The standard InChI is InChI=1S/C19H27NO2.C18H19ClN2O2S/c1-6-14(4)15(5)22-19(20-13(2)3)17-11-7-9-16-10-8-12-21-18(16)17;1-18(5-2-6-18)10-7-11-12(13(19)8-10)9-21(17(11)23)14-3-4-15(24)20-16(14)22/h7,9,11,13-14H,5-6,8,10,12H2,1-4H3;7-8,14H,2-6,9H2,1H3,(H,20,22,24). The van der Waals surface area contributed by atoms with Gasteiger partial charge >= 0.3 is 0 Å². The van der Waals surface area contributed by atoms with Crippen molar-refractivity contribution in [1.29, 1.82) is 0 Å². The molecular weight excluding hydrogens is 618 g/mol. The highest BCUT2D eigenvalue weighted by molar-refractivity contribution is 7.80. The van der Waals surface area contributed by atoms with Crippen molar-refractivity contribution < 1.29 is 19.1 Å². The fourth-order valence-corrected chi connectivity index (χ4v) is 6.85. The summed E-state index contributed by atoms with van der Waals surface area (Å²) in [6.07, 6.45) is 7.78. The van der Waals surface area contributed by atoms with Crippen molar-refractivity contribution in [3.05, 3.63) is 75.5 Å². The van der Waals surface area contributed by atoms with Gasteiger partial charge in [0.15, 0.2) is 0 Å². The van der Waals surface area contributed by atoms with E-state index in [1.54, 1.807) is 4.90 Å². The maximum atomic E-state index is 12.9. The first-order valence-corrected chi connectivity index (χ1v) is 17.4. The molecule has 9 heteroatoms. The topological polar surface area (TPSA) is 80.2 Å². The van der Waals surface area contributed by atoms with Gasteiger partial charge in [0.25, 0.3) is 5.91 Å². The van der Waals surface area contributed by atoms with Crippen LogP contribution in [0.5, 0.6) is 5.75 Å². The van der Waals surface area contributed by atoms with Gasteiger partial charge in [0.2, 0.25) is 11.8 Å². The van der Waals surface area contributed by atoms with E-state index in [1.807, 2.05) is 38.1 Å². The molecule has 1 saturated heterocycles. The highest BCUT2D eigenvalue weighted by Crippen LogP contribution is 2.46. The minimum Gasteiger partial charge on any atom is -0.492 e. The summed E-state index contributed by atoms with van der Waals surface area (Å²) in [6, 6.07) is 9.88. The third-order valence-electron chi connectivity index (χ3n) is 9.68. The van der Waals surface area contributed by atoms with Crippen molar-refractivity contribution in [2.45, 2.75) is 110 Å². The average Bonchev–Trinajstić information content (AvgIpc) is 3.35. The van der Waals surface area contributed by atoms with E-state index in [0.717, 1.165) is 66.9 Å². The second-order valence-electron chi connectivity index (χ2n) is 13.4. The van der Waals surface area contributed by atoms with Crippen LogP contribution in [0.15, 0.2) is 47.7 Å².